The van der Waals surface area contributed by atoms with Gasteiger partial charge in [0.1, 0.15) is 24.0 Å². The smallest absolute Gasteiger partial charge is 0.258 e. The summed E-state index contributed by atoms with van der Waals surface area (Å²) in [5, 5.41) is 7.52. The Bertz CT molecular complexity index is 999. The molecule has 1 N–H and O–H groups in total. The molecule has 0 atom stereocenters. The predicted octanol–water partition coefficient (Wildman–Crippen LogP) is 4.00. The van der Waals surface area contributed by atoms with E-state index in [4.69, 9.17) is 14.0 Å². The van der Waals surface area contributed by atoms with Crippen molar-refractivity contribution in [3.63, 3.8) is 0 Å². The van der Waals surface area contributed by atoms with Crippen LogP contribution in [-0.4, -0.2) is 29.3 Å². The number of hydrogen-bond acceptors (Lipinski definition) is 7. The Hall–Kier alpha value is -3.00. The number of amides is 1. The number of hydrogen-bond donors (Lipinski definition) is 1. The van der Waals surface area contributed by atoms with E-state index in [1.165, 1.54) is 11.8 Å². The van der Waals surface area contributed by atoms with Crippen LogP contribution in [0.4, 0.5) is 5.69 Å². The number of anilines is 1. The number of rotatable bonds is 5. The maximum absolute atomic E-state index is 12.8. The van der Waals surface area contributed by atoms with Gasteiger partial charge in [-0.25, -0.2) is 4.98 Å². The second-order valence-electron chi connectivity index (χ2n) is 6.26. The van der Waals surface area contributed by atoms with Crippen LogP contribution in [0.5, 0.6) is 11.5 Å². The molecule has 4 rings (SSSR count). The van der Waals surface area contributed by atoms with E-state index in [0.717, 1.165) is 17.0 Å². The van der Waals surface area contributed by atoms with E-state index < -0.39 is 0 Å². The Morgan fingerprint density at radius 1 is 1.18 bits per heavy atom. The lowest BCUT2D eigenvalue weighted by Gasteiger charge is -2.19. The molecule has 0 unspecified atom stereocenters. The fourth-order valence-electron chi connectivity index (χ4n) is 2.85. The zero-order valence-corrected chi connectivity index (χ0v) is 16.3. The van der Waals surface area contributed by atoms with E-state index >= 15 is 0 Å². The Morgan fingerprint density at radius 2 is 2.00 bits per heavy atom. The van der Waals surface area contributed by atoms with Gasteiger partial charge in [0.25, 0.3) is 5.91 Å². The summed E-state index contributed by atoms with van der Waals surface area (Å²) in [7, 11) is 0. The molecule has 3 aromatic rings. The van der Waals surface area contributed by atoms with E-state index in [1.807, 2.05) is 13.8 Å². The average molecular weight is 397 g/mol. The molecule has 0 saturated heterocycles. The SMILES string of the molecule is Cc1noc(C)c1CSc1ncccc1C(=O)Nc1ccc2c(c1)OCCO2. The van der Waals surface area contributed by atoms with Gasteiger partial charge in [-0.2, -0.15) is 0 Å². The number of nitrogens with zero attached hydrogens (tertiary/aromatic N) is 2. The lowest BCUT2D eigenvalue weighted by molar-refractivity contribution is 0.102. The number of thioether (sulfide) groups is 1. The topological polar surface area (TPSA) is 86.5 Å². The standard InChI is InChI=1S/C20H19N3O4S/c1-12-16(13(2)27-23-12)11-28-20-15(4-3-7-21-20)19(24)22-14-5-6-17-18(10-14)26-9-8-25-17/h3-7,10H,8-9,11H2,1-2H3,(H,22,24). The van der Waals surface area contributed by atoms with Crippen LogP contribution in [0.25, 0.3) is 0 Å². The van der Waals surface area contributed by atoms with Crippen molar-refractivity contribution in [3.05, 3.63) is 59.1 Å². The van der Waals surface area contributed by atoms with E-state index in [9.17, 15) is 4.79 Å². The van der Waals surface area contributed by atoms with Crippen LogP contribution in [-0.2, 0) is 5.75 Å². The highest BCUT2D eigenvalue weighted by Gasteiger charge is 2.17. The van der Waals surface area contributed by atoms with Crippen molar-refractivity contribution >= 4 is 23.4 Å². The van der Waals surface area contributed by atoms with Crippen LogP contribution in [0, 0.1) is 13.8 Å². The van der Waals surface area contributed by atoms with Gasteiger partial charge in [0.15, 0.2) is 11.5 Å². The van der Waals surface area contributed by atoms with Crippen LogP contribution in [0.3, 0.4) is 0 Å². The largest absolute Gasteiger partial charge is 0.486 e. The fourth-order valence-corrected chi connectivity index (χ4v) is 3.99. The zero-order chi connectivity index (χ0) is 19.5. The Morgan fingerprint density at radius 3 is 2.79 bits per heavy atom. The first-order chi connectivity index (χ1) is 13.6. The van der Waals surface area contributed by atoms with Crippen molar-refractivity contribution in [3.8, 4) is 11.5 Å². The van der Waals surface area contributed by atoms with Crippen molar-refractivity contribution in [1.82, 2.24) is 10.1 Å². The Kier molecular flexibility index (Phi) is 5.21. The third kappa shape index (κ3) is 3.82. The minimum atomic E-state index is -0.231. The summed E-state index contributed by atoms with van der Waals surface area (Å²) >= 11 is 1.48. The molecule has 2 aromatic heterocycles. The lowest BCUT2D eigenvalue weighted by atomic mass is 10.2. The highest BCUT2D eigenvalue weighted by molar-refractivity contribution is 7.98. The Balaban J connectivity index is 1.50. The fraction of sp³-hybridized carbons (Fsp3) is 0.250. The normalized spacial score (nSPS) is 12.6. The monoisotopic (exact) mass is 397 g/mol. The summed E-state index contributed by atoms with van der Waals surface area (Å²) in [4.78, 5) is 17.2. The summed E-state index contributed by atoms with van der Waals surface area (Å²) < 4.78 is 16.3. The van der Waals surface area contributed by atoms with E-state index in [-0.39, 0.29) is 5.91 Å². The molecule has 28 heavy (non-hydrogen) atoms. The molecule has 1 amide bonds. The first-order valence-electron chi connectivity index (χ1n) is 8.82. The summed E-state index contributed by atoms with van der Waals surface area (Å²) in [5.74, 6) is 2.49. The molecule has 0 radical (unpaired) electrons. The number of pyridine rings is 1. The molecule has 144 valence electrons. The first kappa shape index (κ1) is 18.4. The number of fused-ring (bicyclic) bond motifs is 1. The summed E-state index contributed by atoms with van der Waals surface area (Å²) in [6.07, 6.45) is 1.68. The molecule has 0 spiro atoms. The van der Waals surface area contributed by atoms with E-state index in [0.29, 0.717) is 46.7 Å². The van der Waals surface area contributed by atoms with Crippen molar-refractivity contribution in [2.24, 2.45) is 0 Å². The van der Waals surface area contributed by atoms with Gasteiger partial charge >= 0.3 is 0 Å². The van der Waals surface area contributed by atoms with Crippen LogP contribution >= 0.6 is 11.8 Å². The molecule has 0 aliphatic carbocycles. The molecule has 7 nitrogen and oxygen atoms in total. The summed E-state index contributed by atoms with van der Waals surface area (Å²) in [6, 6.07) is 8.85. The first-order valence-corrected chi connectivity index (χ1v) is 9.81. The highest BCUT2D eigenvalue weighted by Crippen LogP contribution is 2.33. The highest BCUT2D eigenvalue weighted by atomic mass is 32.2. The van der Waals surface area contributed by atoms with Gasteiger partial charge in [-0.3, -0.25) is 4.79 Å². The Labute approximate surface area is 166 Å². The molecule has 0 saturated carbocycles. The van der Waals surface area contributed by atoms with E-state index in [2.05, 4.69) is 15.5 Å². The van der Waals surface area contributed by atoms with Crippen LogP contribution in [0.1, 0.15) is 27.4 Å². The summed E-state index contributed by atoms with van der Waals surface area (Å²) in [5.41, 5.74) is 3.02. The average Bonchev–Trinajstić information content (AvgIpc) is 3.04. The van der Waals surface area contributed by atoms with Crippen molar-refractivity contribution in [2.75, 3.05) is 18.5 Å². The van der Waals surface area contributed by atoms with Crippen LogP contribution in [0.2, 0.25) is 0 Å². The molecule has 1 aliphatic heterocycles. The zero-order valence-electron chi connectivity index (χ0n) is 15.5. The third-order valence-corrected chi connectivity index (χ3v) is 5.38. The van der Waals surface area contributed by atoms with Crippen molar-refractivity contribution in [1.29, 1.82) is 0 Å². The lowest BCUT2D eigenvalue weighted by Crippen LogP contribution is -2.17. The number of benzene rings is 1. The second-order valence-corrected chi connectivity index (χ2v) is 7.22. The molecule has 1 aromatic carbocycles. The number of ether oxygens (including phenoxy) is 2. The predicted molar refractivity (Wildman–Crippen MR) is 105 cm³/mol. The van der Waals surface area contributed by atoms with Gasteiger partial charge in [-0.15, -0.1) is 11.8 Å². The molecular weight excluding hydrogens is 378 g/mol. The van der Waals surface area contributed by atoms with Crippen LogP contribution < -0.4 is 14.8 Å². The number of aryl methyl sites for hydroxylation is 2. The van der Waals surface area contributed by atoms with Gasteiger partial charge in [-0.05, 0) is 38.1 Å². The van der Waals surface area contributed by atoms with E-state index in [1.54, 1.807) is 36.5 Å². The van der Waals surface area contributed by atoms with Gasteiger partial charge in [-0.1, -0.05) is 5.16 Å². The molecular formula is C20H19N3O4S. The van der Waals surface area contributed by atoms with Gasteiger partial charge in [0, 0.05) is 29.3 Å². The molecule has 3 heterocycles. The minimum absolute atomic E-state index is 0.231. The molecule has 0 fully saturated rings. The van der Waals surface area contributed by atoms with Crippen LogP contribution in [0.15, 0.2) is 46.1 Å². The summed E-state index contributed by atoms with van der Waals surface area (Å²) in [6.45, 7) is 4.81. The number of nitrogens with one attached hydrogen (secondary N) is 1. The molecule has 0 bridgehead atoms. The molecule has 1 aliphatic rings. The van der Waals surface area contributed by atoms with Crippen molar-refractivity contribution in [2.45, 2.75) is 24.6 Å². The second kappa shape index (κ2) is 7.93. The quantitative estimate of drug-likeness (QED) is 0.651. The third-order valence-electron chi connectivity index (χ3n) is 4.35. The number of carbonyl (C=O) groups is 1. The maximum atomic E-state index is 12.8. The van der Waals surface area contributed by atoms with Crippen molar-refractivity contribution < 1.29 is 18.8 Å². The maximum Gasteiger partial charge on any atom is 0.258 e. The van der Waals surface area contributed by atoms with Gasteiger partial charge in [0.2, 0.25) is 0 Å². The molecule has 8 heteroatoms. The number of carbonyl (C=O) groups excluding carboxylic acids is 1. The van der Waals surface area contributed by atoms with Gasteiger partial charge < -0.3 is 19.3 Å². The minimum Gasteiger partial charge on any atom is -0.486 e. The number of aromatic nitrogens is 2. The van der Waals surface area contributed by atoms with Gasteiger partial charge in [0.05, 0.1) is 11.3 Å².